The van der Waals surface area contributed by atoms with Gasteiger partial charge in [-0.05, 0) is 38.5 Å². The second-order valence-electron chi connectivity index (χ2n) is 5.31. The summed E-state index contributed by atoms with van der Waals surface area (Å²) < 4.78 is 4.60. The summed E-state index contributed by atoms with van der Waals surface area (Å²) in [6.07, 6.45) is 20.4. The molecule has 0 aliphatic heterocycles. The number of methoxy groups -OCH3 is 1. The molecule has 0 spiro atoms. The number of aliphatic hydroxyl groups is 1. The molecule has 0 radical (unpaired) electrons. The average Bonchev–Trinajstić information content (AvgIpc) is 2.50. The predicted octanol–water partition coefficient (Wildman–Crippen LogP) is 4.56. The van der Waals surface area contributed by atoms with E-state index in [1.807, 2.05) is 0 Å². The minimum Gasteiger partial charge on any atom is -0.469 e. The summed E-state index contributed by atoms with van der Waals surface area (Å²) >= 11 is 0. The van der Waals surface area contributed by atoms with Crippen molar-refractivity contribution in [2.24, 2.45) is 0 Å². The van der Waals surface area contributed by atoms with Crippen LogP contribution in [0.4, 0.5) is 0 Å². The maximum atomic E-state index is 10.9. The molecule has 0 heterocycles. The highest BCUT2D eigenvalue weighted by Gasteiger charge is 1.98. The lowest BCUT2D eigenvalue weighted by Crippen LogP contribution is -1.98. The van der Waals surface area contributed by atoms with Gasteiger partial charge >= 0.3 is 5.97 Å². The van der Waals surface area contributed by atoms with Crippen molar-refractivity contribution in [3.05, 3.63) is 24.3 Å². The fourth-order valence-corrected chi connectivity index (χ4v) is 2.06. The minimum atomic E-state index is -0.0962. The first-order valence-electron chi connectivity index (χ1n) is 8.30. The van der Waals surface area contributed by atoms with Crippen LogP contribution in [0.1, 0.15) is 70.6 Å². The number of esters is 1. The molecule has 0 saturated heterocycles. The largest absolute Gasteiger partial charge is 0.469 e. The number of ether oxygens (including phenoxy) is 1. The third-order valence-electron chi connectivity index (χ3n) is 3.39. The standard InChI is InChI=1S/C18H32O3/c1-21-18(20)16-14-12-10-8-6-4-2-3-5-7-9-11-13-15-17-19/h2-3,5,7,19H,4,6,8-17H2,1H3. The molecule has 0 aromatic heterocycles. The highest BCUT2D eigenvalue weighted by atomic mass is 16.5. The molecular weight excluding hydrogens is 264 g/mol. The van der Waals surface area contributed by atoms with Crippen molar-refractivity contribution in [3.8, 4) is 0 Å². The molecule has 0 atom stereocenters. The number of unbranched alkanes of at least 4 members (excludes halogenated alkanes) is 8. The van der Waals surface area contributed by atoms with Crippen molar-refractivity contribution in [1.82, 2.24) is 0 Å². The second kappa shape index (κ2) is 17.0. The molecule has 1 N–H and O–H groups in total. The zero-order valence-electron chi connectivity index (χ0n) is 13.6. The molecule has 0 aliphatic carbocycles. The molecule has 0 fully saturated rings. The summed E-state index contributed by atoms with van der Waals surface area (Å²) in [7, 11) is 1.44. The van der Waals surface area contributed by atoms with Crippen molar-refractivity contribution < 1.29 is 14.6 Å². The van der Waals surface area contributed by atoms with Gasteiger partial charge in [0, 0.05) is 13.0 Å². The molecule has 0 saturated carbocycles. The van der Waals surface area contributed by atoms with Crippen LogP contribution in [-0.2, 0) is 9.53 Å². The lowest BCUT2D eigenvalue weighted by molar-refractivity contribution is -0.140. The van der Waals surface area contributed by atoms with Crippen LogP contribution in [0, 0.1) is 0 Å². The van der Waals surface area contributed by atoms with Gasteiger partial charge in [0.1, 0.15) is 0 Å². The molecule has 21 heavy (non-hydrogen) atoms. The van der Waals surface area contributed by atoms with Crippen LogP contribution in [0.15, 0.2) is 24.3 Å². The zero-order chi connectivity index (χ0) is 15.6. The van der Waals surface area contributed by atoms with E-state index < -0.39 is 0 Å². The summed E-state index contributed by atoms with van der Waals surface area (Å²) in [4.78, 5) is 10.9. The Morgan fingerprint density at radius 3 is 1.95 bits per heavy atom. The van der Waals surface area contributed by atoms with E-state index in [4.69, 9.17) is 5.11 Å². The average molecular weight is 296 g/mol. The molecule has 0 aromatic rings. The molecule has 0 aliphatic rings. The summed E-state index contributed by atoms with van der Waals surface area (Å²) in [5, 5.41) is 8.64. The van der Waals surface area contributed by atoms with Gasteiger partial charge in [0.15, 0.2) is 0 Å². The fourth-order valence-electron chi connectivity index (χ4n) is 2.06. The van der Waals surface area contributed by atoms with E-state index in [1.54, 1.807) is 0 Å². The van der Waals surface area contributed by atoms with E-state index in [0.29, 0.717) is 13.0 Å². The van der Waals surface area contributed by atoms with Crippen LogP contribution < -0.4 is 0 Å². The number of allylic oxidation sites excluding steroid dienone is 4. The first-order valence-corrected chi connectivity index (χ1v) is 8.30. The zero-order valence-corrected chi connectivity index (χ0v) is 13.6. The van der Waals surface area contributed by atoms with E-state index in [9.17, 15) is 4.79 Å². The Bertz CT molecular complexity index is 282. The van der Waals surface area contributed by atoms with Gasteiger partial charge in [-0.25, -0.2) is 0 Å². The summed E-state index contributed by atoms with van der Waals surface area (Å²) in [5.41, 5.74) is 0. The number of carbonyl (C=O) groups excluding carboxylic acids is 1. The number of rotatable bonds is 14. The molecule has 0 aromatic carbocycles. The molecule has 3 nitrogen and oxygen atoms in total. The normalized spacial score (nSPS) is 11.5. The lowest BCUT2D eigenvalue weighted by Gasteiger charge is -1.99. The summed E-state index contributed by atoms with van der Waals surface area (Å²) in [5.74, 6) is -0.0962. The fraction of sp³-hybridized carbons (Fsp3) is 0.722. The Kier molecular flexibility index (Phi) is 16.1. The maximum Gasteiger partial charge on any atom is 0.305 e. The molecule has 0 unspecified atom stereocenters. The quantitative estimate of drug-likeness (QED) is 0.290. The van der Waals surface area contributed by atoms with Crippen molar-refractivity contribution in [1.29, 1.82) is 0 Å². The first kappa shape index (κ1) is 19.9. The third kappa shape index (κ3) is 16.9. The van der Waals surface area contributed by atoms with Crippen LogP contribution in [0.25, 0.3) is 0 Å². The van der Waals surface area contributed by atoms with Crippen molar-refractivity contribution >= 4 is 5.97 Å². The van der Waals surface area contributed by atoms with Crippen molar-refractivity contribution in [2.45, 2.75) is 70.6 Å². The Hall–Kier alpha value is -1.09. The Morgan fingerprint density at radius 2 is 1.38 bits per heavy atom. The van der Waals surface area contributed by atoms with Gasteiger partial charge < -0.3 is 9.84 Å². The van der Waals surface area contributed by atoms with Gasteiger partial charge in [0.2, 0.25) is 0 Å². The molecule has 122 valence electrons. The summed E-state index contributed by atoms with van der Waals surface area (Å²) in [6, 6.07) is 0. The van der Waals surface area contributed by atoms with Crippen LogP contribution in [0.2, 0.25) is 0 Å². The van der Waals surface area contributed by atoms with Crippen molar-refractivity contribution in [2.75, 3.05) is 13.7 Å². The predicted molar refractivity (Wildman–Crippen MR) is 88.2 cm³/mol. The van der Waals surface area contributed by atoms with Gasteiger partial charge in [-0.1, -0.05) is 50.0 Å². The smallest absolute Gasteiger partial charge is 0.305 e. The topological polar surface area (TPSA) is 46.5 Å². The Morgan fingerprint density at radius 1 is 0.857 bits per heavy atom. The van der Waals surface area contributed by atoms with Gasteiger partial charge in [-0.15, -0.1) is 0 Å². The van der Waals surface area contributed by atoms with E-state index in [1.165, 1.54) is 26.4 Å². The molecule has 0 bridgehead atoms. The van der Waals surface area contributed by atoms with Crippen LogP contribution in [-0.4, -0.2) is 24.8 Å². The highest BCUT2D eigenvalue weighted by Crippen LogP contribution is 2.08. The monoisotopic (exact) mass is 296 g/mol. The van der Waals surface area contributed by atoms with E-state index >= 15 is 0 Å². The van der Waals surface area contributed by atoms with Crippen molar-refractivity contribution in [3.63, 3.8) is 0 Å². The van der Waals surface area contributed by atoms with Crippen LogP contribution in [0.5, 0.6) is 0 Å². The molecule has 3 heteroatoms. The van der Waals surface area contributed by atoms with E-state index in [0.717, 1.165) is 44.9 Å². The minimum absolute atomic E-state index is 0.0962. The molecular formula is C18H32O3. The van der Waals surface area contributed by atoms with Gasteiger partial charge in [0.25, 0.3) is 0 Å². The van der Waals surface area contributed by atoms with E-state index in [-0.39, 0.29) is 5.97 Å². The number of aliphatic hydroxyl groups excluding tert-OH is 1. The SMILES string of the molecule is COC(=O)CCCCCCCC=CC=CCCCCCO. The van der Waals surface area contributed by atoms with Crippen LogP contribution in [0.3, 0.4) is 0 Å². The van der Waals surface area contributed by atoms with Gasteiger partial charge in [0.05, 0.1) is 7.11 Å². The lowest BCUT2D eigenvalue weighted by atomic mass is 10.1. The third-order valence-corrected chi connectivity index (χ3v) is 3.39. The molecule has 0 rings (SSSR count). The first-order chi connectivity index (χ1) is 10.3. The maximum absolute atomic E-state index is 10.9. The van der Waals surface area contributed by atoms with Gasteiger partial charge in [-0.3, -0.25) is 4.79 Å². The Labute approximate surface area is 130 Å². The number of hydrogen-bond donors (Lipinski definition) is 1. The highest BCUT2D eigenvalue weighted by molar-refractivity contribution is 5.68. The second-order valence-corrected chi connectivity index (χ2v) is 5.31. The van der Waals surface area contributed by atoms with Gasteiger partial charge in [-0.2, -0.15) is 0 Å². The molecule has 0 amide bonds. The summed E-state index contributed by atoms with van der Waals surface area (Å²) in [6.45, 7) is 0.312. The van der Waals surface area contributed by atoms with Crippen LogP contribution >= 0.6 is 0 Å². The van der Waals surface area contributed by atoms with E-state index in [2.05, 4.69) is 29.0 Å². The number of carbonyl (C=O) groups is 1. The Balaban J connectivity index is 3.21. The number of hydrogen-bond acceptors (Lipinski definition) is 3.